The van der Waals surface area contributed by atoms with E-state index in [1.54, 1.807) is 11.8 Å². The summed E-state index contributed by atoms with van der Waals surface area (Å²) in [5.74, 6) is -0.155. The topological polar surface area (TPSA) is 49.4 Å². The average molecular weight is 352 g/mol. The van der Waals surface area contributed by atoms with Crippen LogP contribution in [0.2, 0.25) is 0 Å². The molecule has 2 amide bonds. The van der Waals surface area contributed by atoms with Crippen molar-refractivity contribution < 1.29 is 9.59 Å². The molecular formula is C22H28N2O2. The molecule has 1 N–H and O–H groups in total. The fourth-order valence-corrected chi connectivity index (χ4v) is 2.86. The highest BCUT2D eigenvalue weighted by atomic mass is 16.2. The molecule has 0 aromatic heterocycles. The van der Waals surface area contributed by atoms with Crippen LogP contribution in [-0.2, 0) is 22.6 Å². The van der Waals surface area contributed by atoms with Crippen molar-refractivity contribution in [3.63, 3.8) is 0 Å². The SMILES string of the molecule is CCCNC(=O)C(C)N(Cc1cccc(C)c1)C(=O)Cc1ccccc1. The van der Waals surface area contributed by atoms with Crippen LogP contribution in [0.5, 0.6) is 0 Å². The van der Waals surface area contributed by atoms with Crippen LogP contribution in [0.15, 0.2) is 54.6 Å². The zero-order chi connectivity index (χ0) is 18.9. The second-order valence-electron chi connectivity index (χ2n) is 6.64. The van der Waals surface area contributed by atoms with Crippen LogP contribution in [0.4, 0.5) is 0 Å². The lowest BCUT2D eigenvalue weighted by Crippen LogP contribution is -2.48. The summed E-state index contributed by atoms with van der Waals surface area (Å²) >= 11 is 0. The zero-order valence-electron chi connectivity index (χ0n) is 15.9. The summed E-state index contributed by atoms with van der Waals surface area (Å²) in [5.41, 5.74) is 3.12. The Morgan fingerprint density at radius 1 is 1.04 bits per heavy atom. The van der Waals surface area contributed by atoms with E-state index in [2.05, 4.69) is 11.4 Å². The van der Waals surface area contributed by atoms with Crippen molar-refractivity contribution in [3.05, 3.63) is 71.3 Å². The van der Waals surface area contributed by atoms with Crippen molar-refractivity contribution >= 4 is 11.8 Å². The van der Waals surface area contributed by atoms with Gasteiger partial charge in [0.05, 0.1) is 6.42 Å². The second-order valence-corrected chi connectivity index (χ2v) is 6.64. The monoisotopic (exact) mass is 352 g/mol. The van der Waals surface area contributed by atoms with Crippen LogP contribution in [0.25, 0.3) is 0 Å². The Balaban J connectivity index is 2.19. The molecule has 4 heteroatoms. The van der Waals surface area contributed by atoms with Gasteiger partial charge < -0.3 is 10.2 Å². The van der Waals surface area contributed by atoms with E-state index in [1.165, 1.54) is 0 Å². The van der Waals surface area contributed by atoms with E-state index in [0.717, 1.165) is 23.1 Å². The number of carbonyl (C=O) groups excluding carboxylic acids is 2. The fourth-order valence-electron chi connectivity index (χ4n) is 2.86. The molecular weight excluding hydrogens is 324 g/mol. The van der Waals surface area contributed by atoms with Gasteiger partial charge in [0, 0.05) is 13.1 Å². The molecule has 1 atom stereocenters. The Labute approximate surface area is 156 Å². The highest BCUT2D eigenvalue weighted by molar-refractivity contribution is 5.88. The zero-order valence-corrected chi connectivity index (χ0v) is 15.9. The average Bonchev–Trinajstić information content (AvgIpc) is 2.64. The first-order valence-electron chi connectivity index (χ1n) is 9.18. The molecule has 0 aliphatic heterocycles. The number of aryl methyl sites for hydroxylation is 1. The maximum Gasteiger partial charge on any atom is 0.242 e. The van der Waals surface area contributed by atoms with Gasteiger partial charge in [-0.25, -0.2) is 0 Å². The summed E-state index contributed by atoms with van der Waals surface area (Å²) in [6.45, 7) is 6.87. The molecule has 26 heavy (non-hydrogen) atoms. The van der Waals surface area contributed by atoms with Crippen molar-refractivity contribution in [3.8, 4) is 0 Å². The molecule has 2 rings (SSSR count). The number of nitrogens with zero attached hydrogens (tertiary/aromatic N) is 1. The van der Waals surface area contributed by atoms with Crippen LogP contribution >= 0.6 is 0 Å². The Morgan fingerprint density at radius 2 is 1.73 bits per heavy atom. The van der Waals surface area contributed by atoms with Gasteiger partial charge in [0.25, 0.3) is 0 Å². The maximum absolute atomic E-state index is 13.0. The number of hydrogen-bond acceptors (Lipinski definition) is 2. The van der Waals surface area contributed by atoms with E-state index in [1.807, 2.05) is 62.4 Å². The van der Waals surface area contributed by atoms with Crippen LogP contribution in [-0.4, -0.2) is 29.3 Å². The quantitative estimate of drug-likeness (QED) is 0.791. The highest BCUT2D eigenvalue weighted by Crippen LogP contribution is 2.13. The van der Waals surface area contributed by atoms with Gasteiger partial charge in [-0.1, -0.05) is 67.1 Å². The number of rotatable bonds is 8. The summed E-state index contributed by atoms with van der Waals surface area (Å²) in [4.78, 5) is 27.1. The van der Waals surface area contributed by atoms with Crippen LogP contribution in [0.1, 0.15) is 37.0 Å². The van der Waals surface area contributed by atoms with Crippen molar-refractivity contribution in [2.75, 3.05) is 6.54 Å². The van der Waals surface area contributed by atoms with E-state index >= 15 is 0 Å². The van der Waals surface area contributed by atoms with Gasteiger partial charge in [-0.15, -0.1) is 0 Å². The molecule has 0 radical (unpaired) electrons. The normalized spacial score (nSPS) is 11.7. The Kier molecular flexibility index (Phi) is 7.39. The molecule has 0 aliphatic carbocycles. The molecule has 2 aromatic carbocycles. The Bertz CT molecular complexity index is 728. The largest absolute Gasteiger partial charge is 0.354 e. The summed E-state index contributed by atoms with van der Waals surface area (Å²) in [5, 5.41) is 2.90. The van der Waals surface area contributed by atoms with E-state index < -0.39 is 6.04 Å². The van der Waals surface area contributed by atoms with Gasteiger partial charge in [0.1, 0.15) is 6.04 Å². The lowest BCUT2D eigenvalue weighted by atomic mass is 10.1. The minimum absolute atomic E-state index is 0.0446. The molecule has 0 aliphatic rings. The van der Waals surface area contributed by atoms with Crippen molar-refractivity contribution in [2.24, 2.45) is 0 Å². The first kappa shape index (κ1) is 19.7. The molecule has 4 nitrogen and oxygen atoms in total. The molecule has 1 unspecified atom stereocenters. The Morgan fingerprint density at radius 3 is 2.38 bits per heavy atom. The molecule has 2 aromatic rings. The van der Waals surface area contributed by atoms with Gasteiger partial charge in [0.2, 0.25) is 11.8 Å². The van der Waals surface area contributed by atoms with Crippen molar-refractivity contribution in [1.29, 1.82) is 0 Å². The summed E-state index contributed by atoms with van der Waals surface area (Å²) < 4.78 is 0. The summed E-state index contributed by atoms with van der Waals surface area (Å²) in [6, 6.07) is 17.2. The summed E-state index contributed by atoms with van der Waals surface area (Å²) in [7, 11) is 0. The summed E-state index contributed by atoms with van der Waals surface area (Å²) in [6.07, 6.45) is 1.16. The number of nitrogens with one attached hydrogen (secondary N) is 1. The van der Waals surface area contributed by atoms with E-state index in [-0.39, 0.29) is 18.2 Å². The molecule has 0 fully saturated rings. The van der Waals surface area contributed by atoms with Crippen LogP contribution < -0.4 is 5.32 Å². The maximum atomic E-state index is 13.0. The minimum Gasteiger partial charge on any atom is -0.354 e. The number of hydrogen-bond donors (Lipinski definition) is 1. The number of amides is 2. The smallest absolute Gasteiger partial charge is 0.242 e. The standard InChI is InChI=1S/C22H28N2O2/c1-4-13-23-22(26)18(3)24(16-20-12-8-9-17(2)14-20)21(25)15-19-10-6-5-7-11-19/h5-12,14,18H,4,13,15-16H2,1-3H3,(H,23,26). The van der Waals surface area contributed by atoms with Gasteiger partial charge in [0.15, 0.2) is 0 Å². The first-order valence-corrected chi connectivity index (χ1v) is 9.18. The predicted octanol–water partition coefficient (Wildman–Crippen LogP) is 3.48. The molecule has 0 saturated carbocycles. The van der Waals surface area contributed by atoms with E-state index in [0.29, 0.717) is 13.1 Å². The molecule has 138 valence electrons. The fraction of sp³-hybridized carbons (Fsp3) is 0.364. The van der Waals surface area contributed by atoms with E-state index in [4.69, 9.17) is 0 Å². The molecule has 0 bridgehead atoms. The minimum atomic E-state index is -0.515. The van der Waals surface area contributed by atoms with E-state index in [9.17, 15) is 9.59 Å². The van der Waals surface area contributed by atoms with Crippen LogP contribution in [0, 0.1) is 6.92 Å². The second kappa shape index (κ2) is 9.76. The van der Waals surface area contributed by atoms with Crippen molar-refractivity contribution in [2.45, 2.75) is 46.2 Å². The first-order chi connectivity index (χ1) is 12.5. The third kappa shape index (κ3) is 5.73. The lowest BCUT2D eigenvalue weighted by molar-refractivity contribution is -0.140. The molecule has 0 spiro atoms. The van der Waals surface area contributed by atoms with Crippen LogP contribution in [0.3, 0.4) is 0 Å². The van der Waals surface area contributed by atoms with Crippen molar-refractivity contribution in [1.82, 2.24) is 10.2 Å². The van der Waals surface area contributed by atoms with Gasteiger partial charge in [-0.3, -0.25) is 9.59 Å². The van der Waals surface area contributed by atoms with Gasteiger partial charge >= 0.3 is 0 Å². The Hall–Kier alpha value is -2.62. The number of benzene rings is 2. The molecule has 0 heterocycles. The highest BCUT2D eigenvalue weighted by Gasteiger charge is 2.25. The van der Waals surface area contributed by atoms with Gasteiger partial charge in [-0.05, 0) is 31.4 Å². The lowest BCUT2D eigenvalue weighted by Gasteiger charge is -2.29. The van der Waals surface area contributed by atoms with Gasteiger partial charge in [-0.2, -0.15) is 0 Å². The third-order valence-electron chi connectivity index (χ3n) is 4.35. The molecule has 0 saturated heterocycles. The number of carbonyl (C=O) groups is 2. The third-order valence-corrected chi connectivity index (χ3v) is 4.35. The predicted molar refractivity (Wildman–Crippen MR) is 105 cm³/mol.